The Morgan fingerprint density at radius 1 is 1.17 bits per heavy atom. The summed E-state index contributed by atoms with van der Waals surface area (Å²) in [6.07, 6.45) is 5.21. The zero-order chi connectivity index (χ0) is 25.2. The number of nitrogens with one attached hydrogen (secondary N) is 3. The number of ether oxygens (including phenoxy) is 3. The highest BCUT2D eigenvalue weighted by Crippen LogP contribution is 2.39. The van der Waals surface area contributed by atoms with Gasteiger partial charge in [0.1, 0.15) is 11.3 Å². The Morgan fingerprint density at radius 2 is 2.03 bits per heavy atom. The molecule has 1 aromatic heterocycles. The van der Waals surface area contributed by atoms with Gasteiger partial charge in [-0.05, 0) is 37.8 Å². The van der Waals surface area contributed by atoms with Crippen LogP contribution in [0.2, 0.25) is 0 Å². The highest BCUT2D eigenvalue weighted by Gasteiger charge is 2.20. The number of nitrogens with zero attached hydrogens (tertiary/aromatic N) is 2. The van der Waals surface area contributed by atoms with Crippen molar-refractivity contribution in [1.29, 1.82) is 0 Å². The molecule has 12 heteroatoms. The summed E-state index contributed by atoms with van der Waals surface area (Å²) in [6.45, 7) is 4.18. The molecule has 0 aliphatic carbocycles. The zero-order valence-electron chi connectivity index (χ0n) is 20.7. The molecule has 3 amide bonds. The maximum atomic E-state index is 12.4. The van der Waals surface area contributed by atoms with Crippen molar-refractivity contribution in [2.75, 3.05) is 56.8 Å². The van der Waals surface area contributed by atoms with Crippen LogP contribution in [0.3, 0.4) is 0 Å². The van der Waals surface area contributed by atoms with E-state index in [1.807, 2.05) is 12.1 Å². The van der Waals surface area contributed by atoms with Crippen molar-refractivity contribution >= 4 is 44.3 Å². The zero-order valence-corrected chi connectivity index (χ0v) is 21.5. The normalized spacial score (nSPS) is 18.1. The number of amides is 3. The summed E-state index contributed by atoms with van der Waals surface area (Å²) in [7, 11) is 1.62. The molecule has 0 spiro atoms. The minimum absolute atomic E-state index is 0.155. The average molecular weight is 522 g/mol. The number of urea groups is 1. The number of morpholine rings is 1. The molecule has 0 bridgehead atoms. The maximum absolute atomic E-state index is 12.4. The Morgan fingerprint density at radius 3 is 2.81 bits per heavy atom. The minimum atomic E-state index is -0.340. The molecule has 198 valence electrons. The number of carbonyl (C=O) groups is 2. The predicted molar refractivity (Wildman–Crippen MR) is 138 cm³/mol. The van der Waals surface area contributed by atoms with Crippen LogP contribution in [-0.4, -0.2) is 69.8 Å². The lowest BCUT2D eigenvalue weighted by molar-refractivity contribution is -0.200. The lowest BCUT2D eigenvalue weighted by Crippen LogP contribution is -2.36. The van der Waals surface area contributed by atoms with Gasteiger partial charge in [0.15, 0.2) is 11.4 Å². The number of unbranched alkanes of at least 4 members (excludes halogenated alkanes) is 2. The van der Waals surface area contributed by atoms with E-state index in [0.717, 1.165) is 61.1 Å². The minimum Gasteiger partial charge on any atom is -0.494 e. The second-order valence-corrected chi connectivity index (χ2v) is 9.71. The van der Waals surface area contributed by atoms with Crippen LogP contribution in [0.15, 0.2) is 12.1 Å². The second-order valence-electron chi connectivity index (χ2n) is 8.71. The number of anilines is 2. The van der Waals surface area contributed by atoms with Crippen molar-refractivity contribution in [2.24, 2.45) is 0 Å². The number of hydrogen-bond donors (Lipinski definition) is 3. The summed E-state index contributed by atoms with van der Waals surface area (Å²) in [4.78, 5) is 36.4. The largest absolute Gasteiger partial charge is 0.494 e. The summed E-state index contributed by atoms with van der Waals surface area (Å²) >= 11 is 1.43. The average Bonchev–Trinajstić information content (AvgIpc) is 3.33. The van der Waals surface area contributed by atoms with Crippen LogP contribution in [0, 0.1) is 0 Å². The third kappa shape index (κ3) is 7.42. The van der Waals surface area contributed by atoms with E-state index in [9.17, 15) is 9.59 Å². The Balaban J connectivity index is 1.17. The third-order valence-electron chi connectivity index (χ3n) is 6.09. The molecule has 2 aliphatic rings. The van der Waals surface area contributed by atoms with Crippen molar-refractivity contribution in [2.45, 2.75) is 51.2 Å². The first-order valence-electron chi connectivity index (χ1n) is 12.5. The fourth-order valence-electron chi connectivity index (χ4n) is 4.16. The van der Waals surface area contributed by atoms with Crippen molar-refractivity contribution in [3.63, 3.8) is 0 Å². The number of fused-ring (bicyclic) bond motifs is 1. The molecule has 0 saturated carbocycles. The molecular weight excluding hydrogens is 486 g/mol. The smallest absolute Gasteiger partial charge is 0.321 e. The van der Waals surface area contributed by atoms with Crippen LogP contribution in [0.4, 0.5) is 15.6 Å². The molecule has 0 radical (unpaired) electrons. The molecular formula is C24H35N5O6S. The fraction of sp³-hybridized carbons (Fsp3) is 0.625. The number of hydroxylamine groups is 1. The summed E-state index contributed by atoms with van der Waals surface area (Å²) in [5.41, 5.74) is 4.27. The van der Waals surface area contributed by atoms with E-state index in [-0.39, 0.29) is 18.2 Å². The number of aromatic nitrogens is 1. The number of methoxy groups -OCH3 is 1. The van der Waals surface area contributed by atoms with Gasteiger partial charge in [-0.25, -0.2) is 20.1 Å². The summed E-state index contributed by atoms with van der Waals surface area (Å²) in [6, 6.07) is 3.64. The lowest BCUT2D eigenvalue weighted by atomic mass is 10.2. The van der Waals surface area contributed by atoms with Gasteiger partial charge >= 0.3 is 6.03 Å². The maximum Gasteiger partial charge on any atom is 0.321 e. The van der Waals surface area contributed by atoms with Crippen LogP contribution < -0.4 is 25.8 Å². The number of thiazole rings is 1. The summed E-state index contributed by atoms with van der Waals surface area (Å²) in [5, 5.41) is 6.20. The van der Waals surface area contributed by atoms with Gasteiger partial charge in [-0.3, -0.25) is 10.1 Å². The first kappa shape index (κ1) is 26.4. The Kier molecular flexibility index (Phi) is 9.96. The van der Waals surface area contributed by atoms with Crippen molar-refractivity contribution < 1.29 is 28.6 Å². The van der Waals surface area contributed by atoms with E-state index < -0.39 is 0 Å². The van der Waals surface area contributed by atoms with Gasteiger partial charge in [-0.15, -0.1) is 0 Å². The SMILES string of the molecule is COc1ccc(N2CCOCC2)c2sc(NC(=O)NCCCCCC(=O)NOC3CCCCO3)nc12. The Bertz CT molecular complexity index is 1010. The third-order valence-corrected chi connectivity index (χ3v) is 7.08. The highest BCUT2D eigenvalue weighted by molar-refractivity contribution is 7.23. The van der Waals surface area contributed by atoms with Crippen molar-refractivity contribution in [1.82, 2.24) is 15.8 Å². The summed E-state index contributed by atoms with van der Waals surface area (Å²) in [5.74, 6) is 0.519. The van der Waals surface area contributed by atoms with Gasteiger partial charge < -0.3 is 24.4 Å². The second kappa shape index (κ2) is 13.6. The van der Waals surface area contributed by atoms with Crippen LogP contribution >= 0.6 is 11.3 Å². The van der Waals surface area contributed by atoms with Crippen LogP contribution in [0.1, 0.15) is 44.9 Å². The van der Waals surface area contributed by atoms with Crippen LogP contribution in [-0.2, 0) is 19.1 Å². The number of hydrogen-bond acceptors (Lipinski definition) is 9. The van der Waals surface area contributed by atoms with Crippen LogP contribution in [0.5, 0.6) is 5.75 Å². The van der Waals surface area contributed by atoms with E-state index in [0.29, 0.717) is 50.1 Å². The molecule has 1 aromatic carbocycles. The van der Waals surface area contributed by atoms with E-state index in [1.54, 1.807) is 7.11 Å². The van der Waals surface area contributed by atoms with E-state index in [4.69, 9.17) is 19.0 Å². The Hall–Kier alpha value is -2.67. The van der Waals surface area contributed by atoms with Gasteiger partial charge in [0, 0.05) is 39.1 Å². The van der Waals surface area contributed by atoms with Gasteiger partial charge in [0.25, 0.3) is 0 Å². The van der Waals surface area contributed by atoms with Gasteiger partial charge in [0.2, 0.25) is 5.91 Å². The van der Waals surface area contributed by atoms with Crippen molar-refractivity contribution in [3.8, 4) is 5.75 Å². The molecule has 1 unspecified atom stereocenters. The van der Waals surface area contributed by atoms with E-state index in [2.05, 4.69) is 26.0 Å². The number of benzene rings is 1. The molecule has 2 saturated heterocycles. The topological polar surface area (TPSA) is 123 Å². The molecule has 3 heterocycles. The lowest BCUT2D eigenvalue weighted by Gasteiger charge is -2.29. The van der Waals surface area contributed by atoms with Gasteiger partial charge in [0.05, 0.1) is 30.7 Å². The molecule has 2 fully saturated rings. The Labute approximate surface area is 214 Å². The van der Waals surface area contributed by atoms with Gasteiger partial charge in [-0.2, -0.15) is 0 Å². The molecule has 4 rings (SSSR count). The van der Waals surface area contributed by atoms with Crippen molar-refractivity contribution in [3.05, 3.63) is 12.1 Å². The molecule has 2 aromatic rings. The van der Waals surface area contributed by atoms with E-state index >= 15 is 0 Å². The number of carbonyl (C=O) groups excluding carboxylic acids is 2. The predicted octanol–water partition coefficient (Wildman–Crippen LogP) is 3.40. The van der Waals surface area contributed by atoms with E-state index in [1.165, 1.54) is 11.3 Å². The quantitative estimate of drug-likeness (QED) is 0.304. The molecule has 36 heavy (non-hydrogen) atoms. The fourth-order valence-corrected chi connectivity index (χ4v) is 5.18. The molecule has 1 atom stereocenters. The molecule has 2 aliphatic heterocycles. The molecule has 3 N–H and O–H groups in total. The highest BCUT2D eigenvalue weighted by atomic mass is 32.1. The first-order valence-corrected chi connectivity index (χ1v) is 13.4. The number of rotatable bonds is 11. The van der Waals surface area contributed by atoms with Gasteiger partial charge in [-0.1, -0.05) is 17.8 Å². The standard InChI is InChI=1S/C24H35N5O6S/c1-32-18-10-9-17(29-12-15-33-16-13-29)22-21(18)26-24(36-22)27-23(31)25-11-5-2-3-7-19(30)28-35-20-8-4-6-14-34-20/h9-10,20H,2-8,11-16H2,1H3,(H,28,30)(H2,25,26,27,31). The van der Waals surface area contributed by atoms with Crippen LogP contribution in [0.25, 0.3) is 10.2 Å². The summed E-state index contributed by atoms with van der Waals surface area (Å²) < 4.78 is 17.3. The molecule has 11 nitrogen and oxygen atoms in total. The first-order chi connectivity index (χ1) is 17.6. The monoisotopic (exact) mass is 521 g/mol.